The molecule has 1 unspecified atom stereocenters. The third-order valence-electron chi connectivity index (χ3n) is 3.09. The number of nitrogens with one attached hydrogen (secondary N) is 1. The van der Waals surface area contributed by atoms with Gasteiger partial charge in [-0.25, -0.2) is 4.39 Å². The molecule has 2 rings (SSSR count). The summed E-state index contributed by atoms with van der Waals surface area (Å²) < 4.78 is 16.8. The number of aromatic nitrogens is 2. The standard InChI is InChI=1S/C14H16Br2FN3/c1-3-18-13(9-5-6-12(17)10(15)7-9)14-11(16)8-19-20(14)4-2/h5-8,13,18H,3-4H2,1-2H3. The maximum absolute atomic E-state index is 13.4. The number of hydrogen-bond donors (Lipinski definition) is 1. The summed E-state index contributed by atoms with van der Waals surface area (Å²) in [6.07, 6.45) is 1.79. The zero-order valence-electron chi connectivity index (χ0n) is 11.3. The van der Waals surface area contributed by atoms with Gasteiger partial charge in [-0.2, -0.15) is 5.10 Å². The Morgan fingerprint density at radius 2 is 2.05 bits per heavy atom. The van der Waals surface area contributed by atoms with Crippen molar-refractivity contribution in [2.75, 3.05) is 6.54 Å². The first kappa shape index (κ1) is 15.7. The fraction of sp³-hybridized carbons (Fsp3) is 0.357. The van der Waals surface area contributed by atoms with Crippen molar-refractivity contribution in [1.82, 2.24) is 15.1 Å². The largest absolute Gasteiger partial charge is 0.305 e. The van der Waals surface area contributed by atoms with Crippen LogP contribution >= 0.6 is 31.9 Å². The van der Waals surface area contributed by atoms with Crippen molar-refractivity contribution in [2.24, 2.45) is 0 Å². The summed E-state index contributed by atoms with van der Waals surface area (Å²) in [4.78, 5) is 0. The minimum absolute atomic E-state index is 0.0336. The Balaban J connectivity index is 2.49. The van der Waals surface area contributed by atoms with Crippen LogP contribution in [0.3, 0.4) is 0 Å². The van der Waals surface area contributed by atoms with Crippen LogP contribution in [0, 0.1) is 5.82 Å². The maximum atomic E-state index is 13.4. The monoisotopic (exact) mass is 403 g/mol. The molecule has 2 aromatic rings. The van der Waals surface area contributed by atoms with Crippen molar-refractivity contribution < 1.29 is 4.39 Å². The summed E-state index contributed by atoms with van der Waals surface area (Å²) in [5, 5.41) is 7.78. The zero-order valence-corrected chi connectivity index (χ0v) is 14.5. The molecule has 3 nitrogen and oxygen atoms in total. The lowest BCUT2D eigenvalue weighted by molar-refractivity contribution is 0.539. The normalized spacial score (nSPS) is 12.7. The Hall–Kier alpha value is -0.720. The van der Waals surface area contributed by atoms with Gasteiger partial charge in [-0.1, -0.05) is 13.0 Å². The van der Waals surface area contributed by atoms with E-state index in [9.17, 15) is 4.39 Å². The highest BCUT2D eigenvalue weighted by Gasteiger charge is 2.21. The van der Waals surface area contributed by atoms with Gasteiger partial charge in [-0.3, -0.25) is 4.68 Å². The van der Waals surface area contributed by atoms with Crippen molar-refractivity contribution in [3.05, 3.63) is 50.4 Å². The van der Waals surface area contributed by atoms with E-state index in [2.05, 4.69) is 42.3 Å². The summed E-state index contributed by atoms with van der Waals surface area (Å²) in [6.45, 7) is 5.69. The van der Waals surface area contributed by atoms with Gasteiger partial charge in [-0.15, -0.1) is 0 Å². The van der Waals surface area contributed by atoms with Crippen molar-refractivity contribution in [3.8, 4) is 0 Å². The van der Waals surface area contributed by atoms with E-state index in [1.54, 1.807) is 12.3 Å². The van der Waals surface area contributed by atoms with E-state index in [4.69, 9.17) is 0 Å². The number of halogens is 3. The highest BCUT2D eigenvalue weighted by Crippen LogP contribution is 2.30. The highest BCUT2D eigenvalue weighted by atomic mass is 79.9. The van der Waals surface area contributed by atoms with Gasteiger partial charge in [0.05, 0.1) is 26.9 Å². The molecule has 6 heteroatoms. The molecule has 0 aliphatic carbocycles. The van der Waals surface area contributed by atoms with Gasteiger partial charge in [0.2, 0.25) is 0 Å². The molecule has 1 heterocycles. The fourth-order valence-corrected chi connectivity index (χ4v) is 3.10. The summed E-state index contributed by atoms with van der Waals surface area (Å²) in [7, 11) is 0. The number of hydrogen-bond acceptors (Lipinski definition) is 2. The zero-order chi connectivity index (χ0) is 14.7. The molecule has 1 aromatic carbocycles. The molecule has 0 fully saturated rings. The quantitative estimate of drug-likeness (QED) is 0.806. The molecule has 0 spiro atoms. The van der Waals surface area contributed by atoms with E-state index in [-0.39, 0.29) is 11.9 Å². The van der Waals surface area contributed by atoms with Crippen LogP contribution in [0.2, 0.25) is 0 Å². The fourth-order valence-electron chi connectivity index (χ4n) is 2.18. The minimum atomic E-state index is -0.257. The van der Waals surface area contributed by atoms with E-state index in [1.165, 1.54) is 6.07 Å². The van der Waals surface area contributed by atoms with E-state index in [0.29, 0.717) is 4.47 Å². The Morgan fingerprint density at radius 3 is 2.65 bits per heavy atom. The third kappa shape index (κ3) is 3.13. The summed E-state index contributed by atoms with van der Waals surface area (Å²) in [5.41, 5.74) is 2.05. The first-order valence-corrected chi connectivity index (χ1v) is 8.06. The van der Waals surface area contributed by atoms with Gasteiger partial charge in [-0.05, 0) is 63.0 Å². The maximum Gasteiger partial charge on any atom is 0.137 e. The topological polar surface area (TPSA) is 29.9 Å². The van der Waals surface area contributed by atoms with Gasteiger partial charge < -0.3 is 5.32 Å². The summed E-state index contributed by atoms with van der Waals surface area (Å²) >= 11 is 6.80. The average molecular weight is 405 g/mol. The van der Waals surface area contributed by atoms with E-state index in [0.717, 1.165) is 28.8 Å². The lowest BCUT2D eigenvalue weighted by Crippen LogP contribution is -2.25. The Labute approximate surface area is 134 Å². The van der Waals surface area contributed by atoms with Crippen LogP contribution in [0.1, 0.15) is 31.1 Å². The molecular formula is C14H16Br2FN3. The van der Waals surface area contributed by atoms with Crippen LogP contribution in [-0.4, -0.2) is 16.3 Å². The number of rotatable bonds is 5. The van der Waals surface area contributed by atoms with Crippen LogP contribution in [0.5, 0.6) is 0 Å². The Morgan fingerprint density at radius 1 is 1.30 bits per heavy atom. The molecule has 0 saturated heterocycles. The first-order chi connectivity index (χ1) is 9.58. The highest BCUT2D eigenvalue weighted by molar-refractivity contribution is 9.10. The minimum Gasteiger partial charge on any atom is -0.305 e. The molecule has 0 aliphatic rings. The van der Waals surface area contributed by atoms with Gasteiger partial charge in [0.1, 0.15) is 5.82 Å². The lowest BCUT2D eigenvalue weighted by Gasteiger charge is -2.20. The van der Waals surface area contributed by atoms with Crippen LogP contribution < -0.4 is 5.32 Å². The number of benzene rings is 1. The van der Waals surface area contributed by atoms with Gasteiger partial charge in [0.15, 0.2) is 0 Å². The molecular weight excluding hydrogens is 389 g/mol. The van der Waals surface area contributed by atoms with Gasteiger partial charge >= 0.3 is 0 Å². The molecule has 1 aromatic heterocycles. The molecule has 108 valence electrons. The van der Waals surface area contributed by atoms with Crippen LogP contribution in [0.4, 0.5) is 4.39 Å². The van der Waals surface area contributed by atoms with Crippen LogP contribution in [0.25, 0.3) is 0 Å². The average Bonchev–Trinajstić information content (AvgIpc) is 2.80. The molecule has 0 bridgehead atoms. The molecule has 0 radical (unpaired) electrons. The van der Waals surface area contributed by atoms with Gasteiger partial charge in [0.25, 0.3) is 0 Å². The molecule has 1 N–H and O–H groups in total. The molecule has 0 aliphatic heterocycles. The van der Waals surface area contributed by atoms with E-state index < -0.39 is 0 Å². The summed E-state index contributed by atoms with van der Waals surface area (Å²) in [6, 6.07) is 5.05. The van der Waals surface area contributed by atoms with Gasteiger partial charge in [0, 0.05) is 6.54 Å². The lowest BCUT2D eigenvalue weighted by atomic mass is 10.0. The van der Waals surface area contributed by atoms with Crippen LogP contribution in [0.15, 0.2) is 33.3 Å². The van der Waals surface area contributed by atoms with E-state index >= 15 is 0 Å². The number of aryl methyl sites for hydroxylation is 1. The predicted octanol–water partition coefficient (Wildman–Crippen LogP) is 4.27. The molecule has 0 saturated carbocycles. The molecule has 20 heavy (non-hydrogen) atoms. The predicted molar refractivity (Wildman–Crippen MR) is 85.2 cm³/mol. The second-order valence-corrected chi connectivity index (χ2v) is 6.07. The van der Waals surface area contributed by atoms with Crippen molar-refractivity contribution >= 4 is 31.9 Å². The Kier molecular flexibility index (Phi) is 5.35. The molecule has 0 amide bonds. The van der Waals surface area contributed by atoms with Crippen molar-refractivity contribution in [2.45, 2.75) is 26.4 Å². The van der Waals surface area contributed by atoms with Crippen molar-refractivity contribution in [1.29, 1.82) is 0 Å². The molecule has 1 atom stereocenters. The van der Waals surface area contributed by atoms with E-state index in [1.807, 2.05) is 24.6 Å². The van der Waals surface area contributed by atoms with Crippen molar-refractivity contribution in [3.63, 3.8) is 0 Å². The van der Waals surface area contributed by atoms with Crippen LogP contribution in [-0.2, 0) is 6.54 Å². The SMILES string of the molecule is CCNC(c1ccc(F)c(Br)c1)c1c(Br)cnn1CC. The number of nitrogens with zero attached hydrogens (tertiary/aromatic N) is 2. The third-order valence-corrected chi connectivity index (χ3v) is 4.31. The smallest absolute Gasteiger partial charge is 0.137 e. The second-order valence-electron chi connectivity index (χ2n) is 4.36. The first-order valence-electron chi connectivity index (χ1n) is 6.48. The second kappa shape index (κ2) is 6.83. The summed E-state index contributed by atoms with van der Waals surface area (Å²) in [5.74, 6) is -0.257. The Bertz CT molecular complexity index is 598.